The van der Waals surface area contributed by atoms with Crippen LogP contribution < -0.4 is 16.2 Å². The van der Waals surface area contributed by atoms with Gasteiger partial charge in [0.1, 0.15) is 5.02 Å². The average Bonchev–Trinajstić information content (AvgIpc) is 2.92. The number of anilines is 1. The Morgan fingerprint density at radius 2 is 2.05 bits per heavy atom. The van der Waals surface area contributed by atoms with Crippen molar-refractivity contribution in [2.24, 2.45) is 5.73 Å². The van der Waals surface area contributed by atoms with Crippen molar-refractivity contribution in [3.8, 4) is 0 Å². The van der Waals surface area contributed by atoms with Gasteiger partial charge in [-0.1, -0.05) is 11.6 Å². The zero-order chi connectivity index (χ0) is 14.1. The third-order valence-corrected chi connectivity index (χ3v) is 4.74. The molecule has 2 aliphatic rings. The molecule has 0 saturated carbocycles. The van der Waals surface area contributed by atoms with E-state index >= 15 is 0 Å². The molecular formula is C13H20ClN5O. The summed E-state index contributed by atoms with van der Waals surface area (Å²) < 4.78 is 0. The molecule has 3 N–H and O–H groups in total. The Morgan fingerprint density at radius 3 is 2.80 bits per heavy atom. The van der Waals surface area contributed by atoms with Crippen LogP contribution in [0.4, 0.5) is 5.69 Å². The Hall–Kier alpha value is -1.11. The molecule has 3 rings (SSSR count). The maximum atomic E-state index is 11.5. The highest BCUT2D eigenvalue weighted by atomic mass is 35.5. The van der Waals surface area contributed by atoms with Crippen molar-refractivity contribution in [2.45, 2.75) is 31.3 Å². The minimum absolute atomic E-state index is 0.237. The van der Waals surface area contributed by atoms with Gasteiger partial charge in [-0.15, -0.1) is 0 Å². The van der Waals surface area contributed by atoms with Crippen molar-refractivity contribution < 1.29 is 0 Å². The Balaban J connectivity index is 1.67. The number of hydrogen-bond acceptors (Lipinski definition) is 5. The molecule has 7 heteroatoms. The predicted molar refractivity (Wildman–Crippen MR) is 79.3 cm³/mol. The van der Waals surface area contributed by atoms with Gasteiger partial charge in [0.15, 0.2) is 0 Å². The first kappa shape index (κ1) is 13.9. The van der Waals surface area contributed by atoms with Crippen LogP contribution in [0.5, 0.6) is 0 Å². The van der Waals surface area contributed by atoms with Gasteiger partial charge in [-0.05, 0) is 32.4 Å². The molecule has 2 saturated heterocycles. The topological polar surface area (TPSA) is 78.2 Å². The number of aromatic nitrogens is 2. The summed E-state index contributed by atoms with van der Waals surface area (Å²) in [5.41, 5.74) is 6.37. The molecule has 2 fully saturated rings. The fourth-order valence-electron chi connectivity index (χ4n) is 3.14. The lowest BCUT2D eigenvalue weighted by molar-refractivity contribution is 0.163. The number of aromatic amines is 1. The summed E-state index contributed by atoms with van der Waals surface area (Å²) in [6.07, 6.45) is 4.88. The summed E-state index contributed by atoms with van der Waals surface area (Å²) >= 11 is 6.07. The van der Waals surface area contributed by atoms with Crippen LogP contribution in [0.3, 0.4) is 0 Å². The highest BCUT2D eigenvalue weighted by Gasteiger charge is 2.31. The van der Waals surface area contributed by atoms with E-state index in [0.29, 0.717) is 12.1 Å². The molecule has 1 unspecified atom stereocenters. The normalized spacial score (nSPS) is 25.3. The third-order valence-electron chi connectivity index (χ3n) is 4.37. The Labute approximate surface area is 122 Å². The summed E-state index contributed by atoms with van der Waals surface area (Å²) in [5.74, 6) is 0. The standard InChI is InChI=1S/C13H20ClN5O/c14-12-11(7-16-17-13(12)20)19-6-3-10(8-19)18-4-1-9(15)2-5-18/h7,9-10H,1-6,8,15H2,(H,17,20). The van der Waals surface area contributed by atoms with Crippen molar-refractivity contribution in [1.29, 1.82) is 0 Å². The average molecular weight is 298 g/mol. The van der Waals surface area contributed by atoms with Crippen molar-refractivity contribution in [3.63, 3.8) is 0 Å². The van der Waals surface area contributed by atoms with Crippen molar-refractivity contribution in [1.82, 2.24) is 15.1 Å². The minimum atomic E-state index is -0.323. The monoisotopic (exact) mass is 297 g/mol. The van der Waals surface area contributed by atoms with E-state index in [9.17, 15) is 4.79 Å². The van der Waals surface area contributed by atoms with Crippen LogP contribution in [-0.2, 0) is 0 Å². The van der Waals surface area contributed by atoms with Crippen LogP contribution in [0, 0.1) is 0 Å². The quantitative estimate of drug-likeness (QED) is 0.827. The van der Waals surface area contributed by atoms with Crippen LogP contribution >= 0.6 is 11.6 Å². The Kier molecular flexibility index (Phi) is 3.96. The number of halogens is 1. The van der Waals surface area contributed by atoms with Gasteiger partial charge < -0.3 is 10.6 Å². The first-order valence-corrected chi connectivity index (χ1v) is 7.50. The predicted octanol–water partition coefficient (Wildman–Crippen LogP) is 0.425. The van der Waals surface area contributed by atoms with Gasteiger partial charge >= 0.3 is 0 Å². The SMILES string of the molecule is NC1CCN(C2CCN(c3cn[nH]c(=O)c3Cl)C2)CC1. The molecular weight excluding hydrogens is 278 g/mol. The zero-order valence-corrected chi connectivity index (χ0v) is 12.1. The summed E-state index contributed by atoms with van der Waals surface area (Å²) in [4.78, 5) is 16.2. The van der Waals surface area contributed by atoms with Gasteiger partial charge in [0.05, 0.1) is 11.9 Å². The smallest absolute Gasteiger partial charge is 0.285 e. The second-order valence-corrected chi connectivity index (χ2v) is 6.04. The van der Waals surface area contributed by atoms with Gasteiger partial charge in [-0.2, -0.15) is 5.10 Å². The largest absolute Gasteiger partial charge is 0.367 e. The van der Waals surface area contributed by atoms with Gasteiger partial charge in [0.2, 0.25) is 0 Å². The lowest BCUT2D eigenvalue weighted by atomic mass is 10.0. The zero-order valence-electron chi connectivity index (χ0n) is 11.4. The van der Waals surface area contributed by atoms with E-state index in [0.717, 1.165) is 51.1 Å². The number of nitrogens with zero attached hydrogens (tertiary/aromatic N) is 3. The number of rotatable bonds is 2. The molecule has 0 bridgehead atoms. The maximum absolute atomic E-state index is 11.5. The number of H-pyrrole nitrogens is 1. The van der Waals surface area contributed by atoms with Crippen LogP contribution in [0.1, 0.15) is 19.3 Å². The van der Waals surface area contributed by atoms with Crippen LogP contribution in [0.2, 0.25) is 5.02 Å². The number of hydrogen-bond donors (Lipinski definition) is 2. The molecule has 6 nitrogen and oxygen atoms in total. The van der Waals surface area contributed by atoms with Crippen LogP contribution in [0.15, 0.2) is 11.0 Å². The van der Waals surface area contributed by atoms with E-state index in [1.54, 1.807) is 6.20 Å². The van der Waals surface area contributed by atoms with Gasteiger partial charge in [0.25, 0.3) is 5.56 Å². The molecule has 0 spiro atoms. The highest BCUT2D eigenvalue weighted by Crippen LogP contribution is 2.27. The van der Waals surface area contributed by atoms with E-state index in [2.05, 4.69) is 20.0 Å². The molecule has 1 aromatic rings. The first-order chi connectivity index (χ1) is 9.65. The van der Waals surface area contributed by atoms with Crippen molar-refractivity contribution in [3.05, 3.63) is 21.6 Å². The van der Waals surface area contributed by atoms with Gasteiger partial charge in [-0.25, -0.2) is 5.10 Å². The van der Waals surface area contributed by atoms with E-state index in [4.69, 9.17) is 17.3 Å². The van der Waals surface area contributed by atoms with E-state index in [-0.39, 0.29) is 10.6 Å². The molecule has 0 aromatic carbocycles. The highest BCUT2D eigenvalue weighted by molar-refractivity contribution is 6.33. The van der Waals surface area contributed by atoms with Crippen molar-refractivity contribution in [2.75, 3.05) is 31.1 Å². The molecule has 1 aromatic heterocycles. The second-order valence-electron chi connectivity index (χ2n) is 5.66. The van der Waals surface area contributed by atoms with Crippen LogP contribution in [-0.4, -0.2) is 53.4 Å². The molecule has 0 aliphatic carbocycles. The Morgan fingerprint density at radius 1 is 1.30 bits per heavy atom. The summed E-state index contributed by atoms with van der Waals surface area (Å²) in [7, 11) is 0. The number of nitrogens with two attached hydrogens (primary N) is 1. The molecule has 0 amide bonds. The number of piperidine rings is 1. The first-order valence-electron chi connectivity index (χ1n) is 7.13. The minimum Gasteiger partial charge on any atom is -0.367 e. The maximum Gasteiger partial charge on any atom is 0.285 e. The number of likely N-dealkylation sites (tertiary alicyclic amines) is 1. The van der Waals surface area contributed by atoms with E-state index in [1.165, 1.54) is 0 Å². The molecule has 2 aliphatic heterocycles. The fourth-order valence-corrected chi connectivity index (χ4v) is 3.35. The summed E-state index contributed by atoms with van der Waals surface area (Å²) in [5, 5.41) is 6.44. The van der Waals surface area contributed by atoms with Crippen LogP contribution in [0.25, 0.3) is 0 Å². The van der Waals surface area contributed by atoms with Gasteiger partial charge in [0, 0.05) is 25.2 Å². The summed E-state index contributed by atoms with van der Waals surface area (Å²) in [6.45, 7) is 3.96. The lowest BCUT2D eigenvalue weighted by Crippen LogP contribution is -2.46. The molecule has 110 valence electrons. The molecule has 1 atom stereocenters. The molecule has 0 radical (unpaired) electrons. The fraction of sp³-hybridized carbons (Fsp3) is 0.692. The van der Waals surface area contributed by atoms with Gasteiger partial charge in [-0.3, -0.25) is 9.69 Å². The third kappa shape index (κ3) is 2.68. The summed E-state index contributed by atoms with van der Waals surface area (Å²) in [6, 6.07) is 0.882. The molecule has 20 heavy (non-hydrogen) atoms. The second kappa shape index (κ2) is 5.71. The van der Waals surface area contributed by atoms with Crippen molar-refractivity contribution >= 4 is 17.3 Å². The number of nitrogens with one attached hydrogen (secondary N) is 1. The van der Waals surface area contributed by atoms with E-state index < -0.39 is 0 Å². The van der Waals surface area contributed by atoms with E-state index in [1.807, 2.05) is 0 Å². The molecule has 3 heterocycles. The Bertz CT molecular complexity index is 526. The lowest BCUT2D eigenvalue weighted by Gasteiger charge is -2.34.